The first kappa shape index (κ1) is 19.4. The monoisotopic (exact) mass is 346 g/mol. The highest BCUT2D eigenvalue weighted by atomic mass is 16.2. The third-order valence-corrected chi connectivity index (χ3v) is 5.18. The van der Waals surface area contributed by atoms with Crippen LogP contribution in [0.4, 0.5) is 5.69 Å². The molecule has 1 aliphatic rings. The molecular weight excluding hydrogens is 314 g/mol. The summed E-state index contributed by atoms with van der Waals surface area (Å²) in [4.78, 5) is 25.3. The first-order valence-electron chi connectivity index (χ1n) is 9.32. The number of quaternary nitrogens is 1. The van der Waals surface area contributed by atoms with Gasteiger partial charge in [-0.3, -0.25) is 9.59 Å². The first-order chi connectivity index (χ1) is 11.8. The number of aryl methyl sites for hydroxylation is 1. The van der Waals surface area contributed by atoms with Crippen LogP contribution in [-0.4, -0.2) is 38.0 Å². The molecular formula is C20H32N3O2+. The number of hydrogen-bond donors (Lipinski definition) is 3. The van der Waals surface area contributed by atoms with Gasteiger partial charge in [-0.2, -0.15) is 0 Å². The highest BCUT2D eigenvalue weighted by molar-refractivity contribution is 5.92. The molecule has 0 aromatic heterocycles. The molecule has 2 amide bonds. The Hall–Kier alpha value is -1.88. The zero-order valence-electron chi connectivity index (χ0n) is 15.9. The summed E-state index contributed by atoms with van der Waals surface area (Å²) in [6.45, 7) is 6.90. The molecule has 1 saturated carbocycles. The van der Waals surface area contributed by atoms with Crippen LogP contribution in [0.5, 0.6) is 0 Å². The lowest BCUT2D eigenvalue weighted by molar-refractivity contribution is -0.862. The smallest absolute Gasteiger partial charge is 0.279 e. The zero-order valence-corrected chi connectivity index (χ0v) is 15.9. The Morgan fingerprint density at radius 1 is 1.08 bits per heavy atom. The van der Waals surface area contributed by atoms with E-state index in [1.54, 1.807) is 0 Å². The van der Waals surface area contributed by atoms with Crippen molar-refractivity contribution in [1.82, 2.24) is 5.32 Å². The summed E-state index contributed by atoms with van der Waals surface area (Å²) in [6.07, 6.45) is 4.51. The van der Waals surface area contributed by atoms with Gasteiger partial charge in [-0.05, 0) is 62.6 Å². The van der Waals surface area contributed by atoms with Gasteiger partial charge < -0.3 is 15.5 Å². The Morgan fingerprint density at radius 2 is 1.72 bits per heavy atom. The van der Waals surface area contributed by atoms with E-state index in [1.165, 1.54) is 12.8 Å². The summed E-state index contributed by atoms with van der Waals surface area (Å²) >= 11 is 0. The average Bonchev–Trinajstić information content (AvgIpc) is 2.53. The topological polar surface area (TPSA) is 62.6 Å². The van der Waals surface area contributed by atoms with E-state index in [2.05, 4.69) is 17.6 Å². The molecule has 0 spiro atoms. The summed E-state index contributed by atoms with van der Waals surface area (Å²) in [5.74, 6) is 0.748. The molecule has 1 fully saturated rings. The van der Waals surface area contributed by atoms with Crippen LogP contribution < -0.4 is 15.5 Å². The van der Waals surface area contributed by atoms with Crippen molar-refractivity contribution in [3.8, 4) is 0 Å². The van der Waals surface area contributed by atoms with Gasteiger partial charge in [0.15, 0.2) is 13.1 Å². The summed E-state index contributed by atoms with van der Waals surface area (Å²) < 4.78 is 0. The Kier molecular flexibility index (Phi) is 7.00. The average molecular weight is 346 g/mol. The van der Waals surface area contributed by atoms with E-state index in [1.807, 2.05) is 39.1 Å². The molecule has 5 nitrogen and oxygen atoms in total. The summed E-state index contributed by atoms with van der Waals surface area (Å²) in [5.41, 5.74) is 3.08. The first-order valence-corrected chi connectivity index (χ1v) is 9.32. The van der Waals surface area contributed by atoms with Crippen molar-refractivity contribution in [2.75, 3.05) is 25.5 Å². The number of anilines is 1. The Balaban J connectivity index is 1.75. The lowest BCUT2D eigenvalue weighted by Gasteiger charge is -2.27. The van der Waals surface area contributed by atoms with Crippen molar-refractivity contribution in [3.05, 3.63) is 29.3 Å². The number of likely N-dealkylation sites (N-methyl/N-ethyl adjacent to an activating group) is 1. The SMILES string of the molecule is Cc1cccc(NC(=O)C[NH+](C)CC(=O)NC2CCC(C)CC2)c1C. The number of benzene rings is 1. The molecule has 2 rings (SSSR count). The minimum atomic E-state index is -0.0644. The van der Waals surface area contributed by atoms with E-state index in [9.17, 15) is 9.59 Å². The van der Waals surface area contributed by atoms with Crippen LogP contribution in [0, 0.1) is 19.8 Å². The Morgan fingerprint density at radius 3 is 2.40 bits per heavy atom. The van der Waals surface area contributed by atoms with Gasteiger partial charge in [0, 0.05) is 11.7 Å². The van der Waals surface area contributed by atoms with Crippen molar-refractivity contribution in [2.45, 2.75) is 52.5 Å². The minimum absolute atomic E-state index is 0.0385. The van der Waals surface area contributed by atoms with Crippen LogP contribution in [-0.2, 0) is 9.59 Å². The lowest BCUT2D eigenvalue weighted by atomic mass is 9.87. The molecule has 0 saturated heterocycles. The van der Waals surface area contributed by atoms with Crippen LogP contribution in [0.2, 0.25) is 0 Å². The third-order valence-electron chi connectivity index (χ3n) is 5.18. The van der Waals surface area contributed by atoms with E-state index in [0.29, 0.717) is 12.6 Å². The molecule has 1 aromatic carbocycles. The van der Waals surface area contributed by atoms with E-state index >= 15 is 0 Å². The van der Waals surface area contributed by atoms with Gasteiger partial charge >= 0.3 is 0 Å². The van der Waals surface area contributed by atoms with Gasteiger partial charge in [-0.1, -0.05) is 19.1 Å². The minimum Gasteiger partial charge on any atom is -0.348 e. The van der Waals surface area contributed by atoms with Gasteiger partial charge in [-0.15, -0.1) is 0 Å². The summed E-state index contributed by atoms with van der Waals surface area (Å²) in [5, 5.41) is 6.07. The van der Waals surface area contributed by atoms with Crippen LogP contribution in [0.25, 0.3) is 0 Å². The molecule has 0 bridgehead atoms. The van der Waals surface area contributed by atoms with E-state index in [4.69, 9.17) is 0 Å². The molecule has 0 heterocycles. The number of hydrogen-bond acceptors (Lipinski definition) is 2. The lowest BCUT2D eigenvalue weighted by Crippen LogP contribution is -3.11. The van der Waals surface area contributed by atoms with Crippen molar-refractivity contribution in [3.63, 3.8) is 0 Å². The van der Waals surface area contributed by atoms with E-state index < -0.39 is 0 Å². The largest absolute Gasteiger partial charge is 0.348 e. The second kappa shape index (κ2) is 8.99. The van der Waals surface area contributed by atoms with Gasteiger partial charge in [0.2, 0.25) is 0 Å². The van der Waals surface area contributed by atoms with Gasteiger partial charge in [-0.25, -0.2) is 0 Å². The van der Waals surface area contributed by atoms with Crippen LogP contribution in [0.1, 0.15) is 43.7 Å². The highest BCUT2D eigenvalue weighted by Gasteiger charge is 2.21. The molecule has 3 N–H and O–H groups in total. The molecule has 1 aliphatic carbocycles. The maximum absolute atomic E-state index is 12.2. The number of amides is 2. The van der Waals surface area contributed by atoms with Crippen LogP contribution in [0.15, 0.2) is 18.2 Å². The molecule has 138 valence electrons. The zero-order chi connectivity index (χ0) is 18.4. The number of nitrogens with one attached hydrogen (secondary N) is 3. The highest BCUT2D eigenvalue weighted by Crippen LogP contribution is 2.23. The fourth-order valence-corrected chi connectivity index (χ4v) is 3.37. The number of carbonyl (C=O) groups excluding carboxylic acids is 2. The Labute approximate surface area is 151 Å². The van der Waals surface area contributed by atoms with Crippen molar-refractivity contribution >= 4 is 17.5 Å². The predicted molar refractivity (Wildman–Crippen MR) is 101 cm³/mol. The molecule has 25 heavy (non-hydrogen) atoms. The van der Waals surface area contributed by atoms with Crippen LogP contribution in [0.3, 0.4) is 0 Å². The van der Waals surface area contributed by atoms with Crippen molar-refractivity contribution in [1.29, 1.82) is 0 Å². The fraction of sp³-hybridized carbons (Fsp3) is 0.600. The molecule has 1 aromatic rings. The molecule has 0 aliphatic heterocycles. The predicted octanol–water partition coefficient (Wildman–Crippen LogP) is 1.45. The molecule has 5 heteroatoms. The van der Waals surface area contributed by atoms with Crippen molar-refractivity contribution in [2.24, 2.45) is 5.92 Å². The maximum Gasteiger partial charge on any atom is 0.279 e. The van der Waals surface area contributed by atoms with Gasteiger partial charge in [0.25, 0.3) is 11.8 Å². The van der Waals surface area contributed by atoms with E-state index in [-0.39, 0.29) is 18.4 Å². The molecule has 1 unspecified atom stereocenters. The molecule has 0 radical (unpaired) electrons. The van der Waals surface area contributed by atoms with Gasteiger partial charge in [0.05, 0.1) is 7.05 Å². The quantitative estimate of drug-likeness (QED) is 0.730. The maximum atomic E-state index is 12.2. The summed E-state index contributed by atoms with van der Waals surface area (Å²) in [7, 11) is 1.88. The third kappa shape index (κ3) is 6.16. The fourth-order valence-electron chi connectivity index (χ4n) is 3.37. The number of carbonyl (C=O) groups is 2. The summed E-state index contributed by atoms with van der Waals surface area (Å²) in [6, 6.07) is 6.18. The normalized spacial score (nSPS) is 21.4. The Bertz CT molecular complexity index is 607. The number of rotatable bonds is 6. The van der Waals surface area contributed by atoms with Crippen molar-refractivity contribution < 1.29 is 14.5 Å². The second-order valence-corrected chi connectivity index (χ2v) is 7.63. The van der Waals surface area contributed by atoms with Crippen LogP contribution >= 0.6 is 0 Å². The second-order valence-electron chi connectivity index (χ2n) is 7.63. The molecule has 1 atom stereocenters. The standard InChI is InChI=1S/C20H31N3O2/c1-14-8-10-17(11-9-14)21-19(24)12-23(4)13-20(25)22-18-7-5-6-15(2)16(18)3/h5-7,14,17H,8-13H2,1-4H3,(H,21,24)(H,22,25)/p+1. The van der Waals surface area contributed by atoms with E-state index in [0.717, 1.165) is 40.5 Å². The van der Waals surface area contributed by atoms with Gasteiger partial charge in [0.1, 0.15) is 0 Å².